The maximum Gasteiger partial charge on any atom is 0.410 e. The second-order valence-corrected chi connectivity index (χ2v) is 10.2. The van der Waals surface area contributed by atoms with Gasteiger partial charge in [0.05, 0.1) is 5.92 Å². The lowest BCUT2D eigenvalue weighted by Crippen LogP contribution is -2.36. The van der Waals surface area contributed by atoms with Crippen molar-refractivity contribution in [3.05, 3.63) is 29.3 Å². The van der Waals surface area contributed by atoms with E-state index in [0.717, 1.165) is 11.3 Å². The summed E-state index contributed by atoms with van der Waals surface area (Å²) in [6.07, 6.45) is 2.71. The minimum atomic E-state index is -0.553. The molecule has 0 N–H and O–H groups in total. The number of esters is 1. The van der Waals surface area contributed by atoms with Crippen LogP contribution in [0.15, 0.2) is 18.2 Å². The van der Waals surface area contributed by atoms with Gasteiger partial charge in [0.1, 0.15) is 11.4 Å². The molecular weight excluding hydrogens is 394 g/mol. The van der Waals surface area contributed by atoms with Gasteiger partial charge >= 0.3 is 12.1 Å². The van der Waals surface area contributed by atoms with Crippen LogP contribution in [0.1, 0.15) is 83.8 Å². The Morgan fingerprint density at radius 1 is 1.10 bits per heavy atom. The van der Waals surface area contributed by atoms with Crippen LogP contribution in [0.25, 0.3) is 0 Å². The van der Waals surface area contributed by atoms with Gasteiger partial charge in [-0.3, -0.25) is 4.79 Å². The van der Waals surface area contributed by atoms with Gasteiger partial charge in [-0.15, -0.1) is 0 Å². The Hall–Kier alpha value is -2.24. The fourth-order valence-corrected chi connectivity index (χ4v) is 4.11. The Morgan fingerprint density at radius 3 is 2.39 bits per heavy atom. The summed E-state index contributed by atoms with van der Waals surface area (Å²) in [4.78, 5) is 26.4. The topological polar surface area (TPSA) is 65.1 Å². The van der Waals surface area contributed by atoms with E-state index in [-0.39, 0.29) is 24.8 Å². The zero-order chi connectivity index (χ0) is 22.8. The molecule has 1 saturated heterocycles. The summed E-state index contributed by atoms with van der Waals surface area (Å²) in [5.41, 5.74) is 1.78. The molecule has 2 fully saturated rings. The average Bonchev–Trinajstić information content (AvgIpc) is 3.41. The zero-order valence-electron chi connectivity index (χ0n) is 19.8. The lowest BCUT2D eigenvalue weighted by Gasteiger charge is -2.24. The minimum Gasteiger partial charge on any atom is -0.457 e. The number of benzene rings is 1. The van der Waals surface area contributed by atoms with Crippen molar-refractivity contribution in [2.75, 3.05) is 19.9 Å². The number of hydrogen-bond acceptors (Lipinski definition) is 5. The van der Waals surface area contributed by atoms with Gasteiger partial charge in [0.25, 0.3) is 0 Å². The Balaban J connectivity index is 1.57. The van der Waals surface area contributed by atoms with Crippen molar-refractivity contribution in [1.29, 1.82) is 0 Å². The molecule has 0 aromatic heterocycles. The highest BCUT2D eigenvalue weighted by molar-refractivity contribution is 5.75. The van der Waals surface area contributed by atoms with E-state index in [1.165, 1.54) is 18.4 Å². The average molecular weight is 432 g/mol. The molecular formula is C25H37NO5. The molecule has 1 saturated carbocycles. The van der Waals surface area contributed by atoms with Crippen molar-refractivity contribution < 1.29 is 23.8 Å². The molecule has 2 aliphatic rings. The molecule has 0 unspecified atom stereocenters. The predicted molar refractivity (Wildman–Crippen MR) is 119 cm³/mol. The summed E-state index contributed by atoms with van der Waals surface area (Å²) in [5.74, 6) is 1.64. The van der Waals surface area contributed by atoms with Gasteiger partial charge in [-0.1, -0.05) is 39.0 Å². The Morgan fingerprint density at radius 2 is 1.77 bits per heavy atom. The normalized spacial score (nSPS) is 20.0. The molecule has 31 heavy (non-hydrogen) atoms. The van der Waals surface area contributed by atoms with Gasteiger partial charge < -0.3 is 19.1 Å². The van der Waals surface area contributed by atoms with Gasteiger partial charge in [-0.25, -0.2) is 4.79 Å². The van der Waals surface area contributed by atoms with E-state index in [1.807, 2.05) is 20.8 Å². The first-order chi connectivity index (χ1) is 14.6. The Kier molecular flexibility index (Phi) is 7.17. The lowest BCUT2D eigenvalue weighted by molar-refractivity contribution is -0.154. The molecule has 0 radical (unpaired) electrons. The summed E-state index contributed by atoms with van der Waals surface area (Å²) in [6.45, 7) is 12.7. The molecule has 1 aliphatic carbocycles. The molecule has 1 aromatic carbocycles. The predicted octanol–water partition coefficient (Wildman–Crippen LogP) is 5.46. The zero-order valence-corrected chi connectivity index (χ0v) is 19.8. The fourth-order valence-electron chi connectivity index (χ4n) is 4.11. The van der Waals surface area contributed by atoms with Gasteiger partial charge in [-0.05, 0) is 68.9 Å². The summed E-state index contributed by atoms with van der Waals surface area (Å²) < 4.78 is 16.9. The highest BCUT2D eigenvalue weighted by Gasteiger charge is 2.35. The Bertz CT molecular complexity index is 794. The molecule has 0 spiro atoms. The molecule has 1 aliphatic heterocycles. The van der Waals surface area contributed by atoms with Gasteiger partial charge in [0.15, 0.2) is 0 Å². The molecule has 1 heterocycles. The molecule has 172 valence electrons. The maximum absolute atomic E-state index is 12.6. The van der Waals surface area contributed by atoms with Crippen LogP contribution in [0.3, 0.4) is 0 Å². The maximum atomic E-state index is 12.6. The monoisotopic (exact) mass is 431 g/mol. The first-order valence-corrected chi connectivity index (χ1v) is 11.5. The van der Waals surface area contributed by atoms with Gasteiger partial charge in [0, 0.05) is 13.1 Å². The number of ether oxygens (including phenoxy) is 3. The molecule has 2 atom stereocenters. The van der Waals surface area contributed by atoms with E-state index >= 15 is 0 Å². The van der Waals surface area contributed by atoms with E-state index in [4.69, 9.17) is 14.2 Å². The van der Waals surface area contributed by atoms with E-state index in [2.05, 4.69) is 39.0 Å². The van der Waals surface area contributed by atoms with Crippen molar-refractivity contribution in [1.82, 2.24) is 4.90 Å². The third-order valence-electron chi connectivity index (χ3n) is 6.10. The second-order valence-electron chi connectivity index (χ2n) is 10.2. The van der Waals surface area contributed by atoms with E-state index < -0.39 is 5.60 Å². The lowest BCUT2D eigenvalue weighted by atomic mass is 9.90. The molecule has 6 heteroatoms. The summed E-state index contributed by atoms with van der Waals surface area (Å²) in [7, 11) is 0. The molecule has 6 nitrogen and oxygen atoms in total. The third-order valence-corrected chi connectivity index (χ3v) is 6.10. The molecule has 1 amide bonds. The van der Waals surface area contributed by atoms with E-state index in [0.29, 0.717) is 37.3 Å². The van der Waals surface area contributed by atoms with Gasteiger partial charge in [0.2, 0.25) is 6.79 Å². The molecule has 0 bridgehead atoms. The van der Waals surface area contributed by atoms with Crippen molar-refractivity contribution in [3.8, 4) is 5.75 Å². The van der Waals surface area contributed by atoms with Gasteiger partial charge in [-0.2, -0.15) is 0 Å². The van der Waals surface area contributed by atoms with Crippen LogP contribution in [0.4, 0.5) is 4.79 Å². The van der Waals surface area contributed by atoms with Crippen LogP contribution in [0.5, 0.6) is 5.75 Å². The first kappa shape index (κ1) is 23.4. The third kappa shape index (κ3) is 6.14. The van der Waals surface area contributed by atoms with Crippen LogP contribution in [-0.4, -0.2) is 42.4 Å². The molecule has 3 rings (SSSR count). The fraction of sp³-hybridized carbons (Fsp3) is 0.680. The highest BCUT2D eigenvalue weighted by atomic mass is 16.7. The van der Waals surface area contributed by atoms with E-state index in [1.54, 1.807) is 4.90 Å². The summed E-state index contributed by atoms with van der Waals surface area (Å²) in [6, 6.07) is 6.30. The van der Waals surface area contributed by atoms with Crippen LogP contribution in [-0.2, 0) is 14.3 Å². The number of amides is 1. The summed E-state index contributed by atoms with van der Waals surface area (Å²) in [5, 5.41) is 0. The first-order valence-electron chi connectivity index (χ1n) is 11.5. The number of hydrogen-bond donors (Lipinski definition) is 0. The molecule has 1 aromatic rings. The van der Waals surface area contributed by atoms with E-state index in [9.17, 15) is 9.59 Å². The number of carbonyl (C=O) groups is 2. The Labute approximate surface area is 186 Å². The number of rotatable bonds is 7. The number of carbonyl (C=O) groups excluding carboxylic acids is 2. The van der Waals surface area contributed by atoms with Crippen LogP contribution < -0.4 is 4.74 Å². The smallest absolute Gasteiger partial charge is 0.410 e. The SMILES string of the molecule is CC(C)c1cccc([C@H](C)C2CC2)c1OCOC(=O)[C@H]1CCN(C(=O)OC(C)(C)C)C1. The number of nitrogens with zero attached hydrogens (tertiary/aromatic N) is 1. The quantitative estimate of drug-likeness (QED) is 0.424. The van der Waals surface area contributed by atoms with Crippen molar-refractivity contribution in [2.24, 2.45) is 11.8 Å². The number of likely N-dealkylation sites (tertiary alicyclic amines) is 1. The minimum absolute atomic E-state index is 0.115. The van der Waals surface area contributed by atoms with Crippen LogP contribution >= 0.6 is 0 Å². The number of para-hydroxylation sites is 1. The van der Waals surface area contributed by atoms with Crippen molar-refractivity contribution >= 4 is 12.1 Å². The van der Waals surface area contributed by atoms with Crippen molar-refractivity contribution in [3.63, 3.8) is 0 Å². The second kappa shape index (κ2) is 9.49. The van der Waals surface area contributed by atoms with Crippen LogP contribution in [0, 0.1) is 11.8 Å². The standard InChI is InChI=1S/C25H37NO5/c1-16(2)20-8-7-9-21(17(3)18-10-11-18)22(20)29-15-30-23(27)19-12-13-26(14-19)24(28)31-25(4,5)6/h7-9,16-19H,10-15H2,1-6H3/t17-,19+/m1/s1. The largest absolute Gasteiger partial charge is 0.457 e. The highest BCUT2D eigenvalue weighted by Crippen LogP contribution is 2.46. The van der Waals surface area contributed by atoms with Crippen molar-refractivity contribution in [2.45, 2.75) is 78.2 Å². The summed E-state index contributed by atoms with van der Waals surface area (Å²) >= 11 is 0. The van der Waals surface area contributed by atoms with Crippen LogP contribution in [0.2, 0.25) is 0 Å².